The Morgan fingerprint density at radius 2 is 1.84 bits per heavy atom. The van der Waals surface area contributed by atoms with Gasteiger partial charge in [0.25, 0.3) is 5.91 Å². The largest absolute Gasteiger partial charge is 0.416 e. The van der Waals surface area contributed by atoms with Crippen molar-refractivity contribution in [2.75, 3.05) is 18.4 Å². The normalized spacial score (nSPS) is 14.4. The SMILES string of the molecule is CCN(CC)C(=O)c1cc2cnc(Nc3cc(-n4cnc(C)c4)cc(C(F)(F)F)c3)nc2n1C1CCCC1. The van der Waals surface area contributed by atoms with Crippen LogP contribution in [-0.2, 0) is 6.18 Å². The Balaban J connectivity index is 1.57. The molecule has 0 spiro atoms. The van der Waals surface area contributed by atoms with E-state index in [-0.39, 0.29) is 23.6 Å². The first kappa shape index (κ1) is 25.7. The fourth-order valence-corrected chi connectivity index (χ4v) is 5.13. The zero-order valence-electron chi connectivity index (χ0n) is 21.6. The van der Waals surface area contributed by atoms with Crippen LogP contribution in [0.1, 0.15) is 67.3 Å². The number of nitrogens with one attached hydrogen (secondary N) is 1. The molecule has 1 aliphatic carbocycles. The quantitative estimate of drug-likeness (QED) is 0.307. The maximum atomic E-state index is 13.7. The minimum atomic E-state index is -4.54. The van der Waals surface area contributed by atoms with Crippen molar-refractivity contribution in [2.45, 2.75) is 58.7 Å². The number of imidazole rings is 1. The second-order valence-electron chi connectivity index (χ2n) is 9.60. The Bertz CT molecular complexity index is 1460. The molecule has 0 aliphatic heterocycles. The van der Waals surface area contributed by atoms with E-state index in [9.17, 15) is 18.0 Å². The third-order valence-electron chi connectivity index (χ3n) is 7.05. The summed E-state index contributed by atoms with van der Waals surface area (Å²) >= 11 is 0. The molecule has 5 rings (SSSR count). The molecular weight excluding hydrogens is 495 g/mol. The van der Waals surface area contributed by atoms with Gasteiger partial charge in [0.1, 0.15) is 11.3 Å². The Hall–Kier alpha value is -3.89. The van der Waals surface area contributed by atoms with Crippen LogP contribution in [0.25, 0.3) is 16.7 Å². The summed E-state index contributed by atoms with van der Waals surface area (Å²) in [6.07, 6.45) is 4.23. The molecule has 0 bridgehead atoms. The molecule has 8 nitrogen and oxygen atoms in total. The molecule has 200 valence electrons. The van der Waals surface area contributed by atoms with Crippen LogP contribution in [0.15, 0.2) is 43.0 Å². The van der Waals surface area contributed by atoms with Gasteiger partial charge >= 0.3 is 6.18 Å². The van der Waals surface area contributed by atoms with Gasteiger partial charge in [-0.15, -0.1) is 0 Å². The highest BCUT2D eigenvalue weighted by Gasteiger charge is 2.32. The molecule has 38 heavy (non-hydrogen) atoms. The lowest BCUT2D eigenvalue weighted by Gasteiger charge is -2.22. The van der Waals surface area contributed by atoms with Gasteiger partial charge in [0, 0.05) is 48.3 Å². The zero-order valence-corrected chi connectivity index (χ0v) is 21.6. The highest BCUT2D eigenvalue weighted by atomic mass is 19.4. The van der Waals surface area contributed by atoms with Crippen molar-refractivity contribution < 1.29 is 18.0 Å². The minimum absolute atomic E-state index is 0.0624. The standard InChI is InChI=1S/C27H30F3N7O/c1-4-35(5-2)25(38)23-10-18-14-31-26(34-24(18)37(23)21-8-6-7-9-21)33-20-11-19(27(28,29)30)12-22(13-20)36-15-17(3)32-16-36/h10-16,21H,4-9H2,1-3H3,(H,31,33,34). The Morgan fingerprint density at radius 1 is 1.11 bits per heavy atom. The predicted octanol–water partition coefficient (Wildman–Crippen LogP) is 6.28. The van der Waals surface area contributed by atoms with Gasteiger partial charge in [0.05, 0.1) is 17.6 Å². The zero-order chi connectivity index (χ0) is 27.0. The first-order chi connectivity index (χ1) is 18.2. The van der Waals surface area contributed by atoms with Gasteiger partial charge in [-0.2, -0.15) is 18.2 Å². The summed E-state index contributed by atoms with van der Waals surface area (Å²) in [6, 6.07) is 5.66. The van der Waals surface area contributed by atoms with Gasteiger partial charge in [-0.1, -0.05) is 12.8 Å². The van der Waals surface area contributed by atoms with Crippen LogP contribution >= 0.6 is 0 Å². The lowest BCUT2D eigenvalue weighted by atomic mass is 10.1. The lowest BCUT2D eigenvalue weighted by molar-refractivity contribution is -0.137. The summed E-state index contributed by atoms with van der Waals surface area (Å²) in [5, 5.41) is 3.68. The van der Waals surface area contributed by atoms with Crippen molar-refractivity contribution >= 4 is 28.6 Å². The molecule has 3 heterocycles. The van der Waals surface area contributed by atoms with Crippen molar-refractivity contribution in [3.05, 3.63) is 59.9 Å². The highest BCUT2D eigenvalue weighted by Crippen LogP contribution is 2.36. The minimum Gasteiger partial charge on any atom is -0.338 e. The van der Waals surface area contributed by atoms with E-state index in [0.29, 0.717) is 35.8 Å². The van der Waals surface area contributed by atoms with E-state index in [2.05, 4.69) is 15.3 Å². The summed E-state index contributed by atoms with van der Waals surface area (Å²) < 4.78 is 44.7. The van der Waals surface area contributed by atoms with E-state index in [1.165, 1.54) is 10.9 Å². The molecule has 3 aromatic heterocycles. The first-order valence-corrected chi connectivity index (χ1v) is 12.9. The van der Waals surface area contributed by atoms with Crippen LogP contribution in [-0.4, -0.2) is 48.0 Å². The number of carbonyl (C=O) groups excluding carboxylic acids is 1. The molecule has 1 amide bonds. The van der Waals surface area contributed by atoms with Gasteiger partial charge in [-0.3, -0.25) is 4.79 Å². The number of carbonyl (C=O) groups is 1. The monoisotopic (exact) mass is 525 g/mol. The number of anilines is 2. The fourth-order valence-electron chi connectivity index (χ4n) is 5.13. The molecule has 1 aliphatic rings. The molecule has 1 fully saturated rings. The number of aromatic nitrogens is 5. The first-order valence-electron chi connectivity index (χ1n) is 12.9. The average molecular weight is 526 g/mol. The van der Waals surface area contributed by atoms with Gasteiger partial charge in [0.2, 0.25) is 5.95 Å². The fraction of sp³-hybridized carbons (Fsp3) is 0.407. The number of halogens is 3. The topological polar surface area (TPSA) is 80.9 Å². The van der Waals surface area contributed by atoms with E-state index in [4.69, 9.17) is 4.98 Å². The van der Waals surface area contributed by atoms with Crippen molar-refractivity contribution in [1.29, 1.82) is 0 Å². The molecule has 11 heteroatoms. The Labute approximate surface area is 218 Å². The van der Waals surface area contributed by atoms with E-state index in [1.54, 1.807) is 30.3 Å². The molecule has 4 aromatic rings. The molecule has 0 saturated heterocycles. The summed E-state index contributed by atoms with van der Waals surface area (Å²) in [5.74, 6) is 0.0938. The maximum Gasteiger partial charge on any atom is 0.416 e. The Kier molecular flexibility index (Phi) is 6.85. The lowest BCUT2D eigenvalue weighted by Crippen LogP contribution is -2.32. The molecule has 1 aromatic carbocycles. The van der Waals surface area contributed by atoms with Crippen LogP contribution in [0.4, 0.5) is 24.8 Å². The van der Waals surface area contributed by atoms with Crippen molar-refractivity contribution in [3.8, 4) is 5.69 Å². The molecule has 0 atom stereocenters. The number of hydrogen-bond acceptors (Lipinski definition) is 5. The van der Waals surface area contributed by atoms with Gasteiger partial charge in [0.15, 0.2) is 0 Å². The second-order valence-corrected chi connectivity index (χ2v) is 9.60. The maximum absolute atomic E-state index is 13.7. The Morgan fingerprint density at radius 3 is 2.47 bits per heavy atom. The number of nitrogens with zero attached hydrogens (tertiary/aromatic N) is 6. The van der Waals surface area contributed by atoms with Crippen molar-refractivity contribution in [2.24, 2.45) is 0 Å². The third kappa shape index (κ3) is 4.97. The van der Waals surface area contributed by atoms with Crippen LogP contribution in [0.2, 0.25) is 0 Å². The van der Waals surface area contributed by atoms with E-state index in [1.807, 2.05) is 24.5 Å². The van der Waals surface area contributed by atoms with Crippen LogP contribution < -0.4 is 5.32 Å². The average Bonchev–Trinajstić information content (AvgIpc) is 3.63. The molecule has 1 N–H and O–H groups in total. The van der Waals surface area contributed by atoms with Crippen LogP contribution in [0.3, 0.4) is 0 Å². The van der Waals surface area contributed by atoms with Crippen LogP contribution in [0.5, 0.6) is 0 Å². The smallest absolute Gasteiger partial charge is 0.338 e. The number of aryl methyl sites for hydroxylation is 1. The highest BCUT2D eigenvalue weighted by molar-refractivity contribution is 5.98. The van der Waals surface area contributed by atoms with Crippen molar-refractivity contribution in [1.82, 2.24) is 29.0 Å². The number of amides is 1. The molecule has 0 unspecified atom stereocenters. The van der Waals surface area contributed by atoms with E-state index >= 15 is 0 Å². The number of benzene rings is 1. The molecule has 1 saturated carbocycles. The van der Waals surface area contributed by atoms with Gasteiger partial charge < -0.3 is 19.4 Å². The van der Waals surface area contributed by atoms with Gasteiger partial charge in [-0.05, 0) is 57.9 Å². The summed E-state index contributed by atoms with van der Waals surface area (Å²) in [7, 11) is 0. The number of alkyl halides is 3. The van der Waals surface area contributed by atoms with Crippen LogP contribution in [0, 0.1) is 6.92 Å². The second kappa shape index (κ2) is 10.1. The number of hydrogen-bond donors (Lipinski definition) is 1. The summed E-state index contributed by atoms with van der Waals surface area (Å²) in [6.45, 7) is 6.84. The predicted molar refractivity (Wildman–Crippen MR) is 139 cm³/mol. The van der Waals surface area contributed by atoms with E-state index in [0.717, 1.165) is 43.2 Å². The molecular formula is C27H30F3N7O. The van der Waals surface area contributed by atoms with Gasteiger partial charge in [-0.25, -0.2) is 9.97 Å². The summed E-state index contributed by atoms with van der Waals surface area (Å²) in [5.41, 5.74) is 1.56. The molecule has 0 radical (unpaired) electrons. The van der Waals surface area contributed by atoms with E-state index < -0.39 is 11.7 Å². The summed E-state index contributed by atoms with van der Waals surface area (Å²) in [4.78, 5) is 28.3. The number of fused-ring (bicyclic) bond motifs is 1. The van der Waals surface area contributed by atoms with Crippen molar-refractivity contribution in [3.63, 3.8) is 0 Å². The third-order valence-corrected chi connectivity index (χ3v) is 7.05. The number of rotatable bonds is 7.